The van der Waals surface area contributed by atoms with E-state index in [1.165, 1.54) is 4.90 Å². The van der Waals surface area contributed by atoms with Gasteiger partial charge in [0.2, 0.25) is 17.7 Å². The highest BCUT2D eigenvalue weighted by Crippen LogP contribution is 2.34. The number of carbonyl (C=O) groups is 3. The molecule has 2 aliphatic rings. The van der Waals surface area contributed by atoms with E-state index in [0.717, 1.165) is 10.6 Å². The van der Waals surface area contributed by atoms with Crippen LogP contribution >= 0.6 is 0 Å². The lowest BCUT2D eigenvalue weighted by atomic mass is 9.85. The van der Waals surface area contributed by atoms with Crippen LogP contribution in [0.5, 0.6) is 0 Å². The van der Waals surface area contributed by atoms with Crippen molar-refractivity contribution < 1.29 is 14.4 Å². The molecule has 2 atom stereocenters. The molecule has 1 heterocycles. The van der Waals surface area contributed by atoms with E-state index in [4.69, 9.17) is 0 Å². The Balaban J connectivity index is 1.72. The largest absolute Gasteiger partial charge is 0.314 e. The predicted octanol–water partition coefficient (Wildman–Crippen LogP) is 1.60. The second-order valence-corrected chi connectivity index (χ2v) is 5.71. The Morgan fingerprint density at radius 2 is 1.64 bits per heavy atom. The first-order chi connectivity index (χ1) is 10.6. The highest BCUT2D eigenvalue weighted by Gasteiger charge is 2.47. The molecule has 1 saturated heterocycles. The number of rotatable bonds is 3. The zero-order valence-corrected chi connectivity index (χ0v) is 12.4. The SMILES string of the molecule is CN(C(=O)CN1C(=O)C2CC=CCC2C1=O)c1ccccc1. The van der Waals surface area contributed by atoms with E-state index in [1.807, 2.05) is 42.5 Å². The summed E-state index contributed by atoms with van der Waals surface area (Å²) in [4.78, 5) is 39.7. The molecule has 0 saturated carbocycles. The first-order valence-corrected chi connectivity index (χ1v) is 7.41. The van der Waals surface area contributed by atoms with Crippen LogP contribution < -0.4 is 4.90 Å². The number of hydrogen-bond acceptors (Lipinski definition) is 3. The molecule has 0 bridgehead atoms. The quantitative estimate of drug-likeness (QED) is 0.629. The van der Waals surface area contributed by atoms with Crippen molar-refractivity contribution in [2.45, 2.75) is 12.8 Å². The fourth-order valence-electron chi connectivity index (χ4n) is 3.06. The Kier molecular flexibility index (Phi) is 3.79. The lowest BCUT2D eigenvalue weighted by Gasteiger charge is -2.21. The molecule has 0 spiro atoms. The molecule has 1 aromatic rings. The third-order valence-electron chi connectivity index (χ3n) is 4.41. The first kappa shape index (κ1) is 14.5. The topological polar surface area (TPSA) is 57.7 Å². The molecule has 0 radical (unpaired) electrons. The van der Waals surface area contributed by atoms with E-state index in [9.17, 15) is 14.4 Å². The van der Waals surface area contributed by atoms with Crippen molar-refractivity contribution in [3.63, 3.8) is 0 Å². The summed E-state index contributed by atoms with van der Waals surface area (Å²) in [6.45, 7) is -0.184. The number of imide groups is 1. The number of hydrogen-bond donors (Lipinski definition) is 0. The van der Waals surface area contributed by atoms with Crippen LogP contribution in [0.25, 0.3) is 0 Å². The molecule has 3 rings (SSSR count). The molecule has 0 N–H and O–H groups in total. The second-order valence-electron chi connectivity index (χ2n) is 5.71. The van der Waals surface area contributed by atoms with Gasteiger partial charge in [-0.2, -0.15) is 0 Å². The lowest BCUT2D eigenvalue weighted by molar-refractivity contribution is -0.143. The minimum Gasteiger partial charge on any atom is -0.314 e. The third kappa shape index (κ3) is 2.43. The van der Waals surface area contributed by atoms with Crippen molar-refractivity contribution in [3.8, 4) is 0 Å². The minimum absolute atomic E-state index is 0.184. The molecule has 1 aliphatic heterocycles. The number of likely N-dealkylation sites (N-methyl/N-ethyl adjacent to an activating group) is 1. The van der Waals surface area contributed by atoms with Crippen molar-refractivity contribution in [1.82, 2.24) is 4.90 Å². The van der Waals surface area contributed by atoms with Crippen LogP contribution in [0.15, 0.2) is 42.5 Å². The van der Waals surface area contributed by atoms with E-state index in [1.54, 1.807) is 7.05 Å². The number of fused-ring (bicyclic) bond motifs is 1. The molecule has 114 valence electrons. The molecule has 1 fully saturated rings. The molecule has 3 amide bonds. The van der Waals surface area contributed by atoms with Crippen molar-refractivity contribution in [3.05, 3.63) is 42.5 Å². The van der Waals surface area contributed by atoms with E-state index < -0.39 is 0 Å². The molecule has 22 heavy (non-hydrogen) atoms. The number of allylic oxidation sites excluding steroid dienone is 2. The molecular weight excluding hydrogens is 280 g/mol. The number of nitrogens with zero attached hydrogens (tertiary/aromatic N) is 2. The van der Waals surface area contributed by atoms with Crippen LogP contribution in [0, 0.1) is 11.8 Å². The predicted molar refractivity (Wildman–Crippen MR) is 81.9 cm³/mol. The van der Waals surface area contributed by atoms with Crippen molar-refractivity contribution in [2.24, 2.45) is 11.8 Å². The third-order valence-corrected chi connectivity index (χ3v) is 4.41. The van der Waals surface area contributed by atoms with Crippen LogP contribution in [0.4, 0.5) is 5.69 Å². The molecule has 1 aromatic carbocycles. The molecule has 0 aromatic heterocycles. The number of benzene rings is 1. The van der Waals surface area contributed by atoms with Crippen molar-refractivity contribution >= 4 is 23.4 Å². The zero-order valence-electron chi connectivity index (χ0n) is 12.4. The van der Waals surface area contributed by atoms with Gasteiger partial charge in [0.15, 0.2) is 0 Å². The van der Waals surface area contributed by atoms with Crippen LogP contribution in [-0.2, 0) is 14.4 Å². The summed E-state index contributed by atoms with van der Waals surface area (Å²) in [5.74, 6) is -1.26. The van der Waals surface area contributed by atoms with Gasteiger partial charge >= 0.3 is 0 Å². The lowest BCUT2D eigenvalue weighted by Crippen LogP contribution is -2.41. The van der Waals surface area contributed by atoms with Gasteiger partial charge in [-0.15, -0.1) is 0 Å². The Labute approximate surface area is 129 Å². The Bertz CT molecular complexity index is 613. The van der Waals surface area contributed by atoms with Gasteiger partial charge in [-0.3, -0.25) is 19.3 Å². The summed E-state index contributed by atoms with van der Waals surface area (Å²) in [6.07, 6.45) is 5.06. The van der Waals surface area contributed by atoms with Crippen molar-refractivity contribution in [2.75, 3.05) is 18.5 Å². The summed E-state index contributed by atoms with van der Waals surface area (Å²) in [5, 5.41) is 0. The fourth-order valence-corrected chi connectivity index (χ4v) is 3.06. The highest BCUT2D eigenvalue weighted by molar-refractivity contribution is 6.09. The normalized spacial score (nSPS) is 23.6. The smallest absolute Gasteiger partial charge is 0.246 e. The van der Waals surface area contributed by atoms with Crippen LogP contribution in [-0.4, -0.2) is 36.2 Å². The summed E-state index contributed by atoms with van der Waals surface area (Å²) < 4.78 is 0. The number of anilines is 1. The maximum absolute atomic E-state index is 12.4. The maximum atomic E-state index is 12.4. The van der Waals surface area contributed by atoms with Crippen LogP contribution in [0.2, 0.25) is 0 Å². The molecular formula is C17H18N2O3. The summed E-state index contributed by atoms with van der Waals surface area (Å²) in [7, 11) is 1.65. The Morgan fingerprint density at radius 1 is 1.09 bits per heavy atom. The summed E-state index contributed by atoms with van der Waals surface area (Å²) >= 11 is 0. The highest BCUT2D eigenvalue weighted by atomic mass is 16.2. The molecule has 5 nitrogen and oxygen atoms in total. The number of amides is 3. The van der Waals surface area contributed by atoms with Gasteiger partial charge in [-0.25, -0.2) is 0 Å². The van der Waals surface area contributed by atoms with Gasteiger partial charge in [0.25, 0.3) is 0 Å². The van der Waals surface area contributed by atoms with E-state index >= 15 is 0 Å². The monoisotopic (exact) mass is 298 g/mol. The molecule has 1 aliphatic carbocycles. The molecule has 5 heteroatoms. The van der Waals surface area contributed by atoms with Gasteiger partial charge < -0.3 is 4.90 Å². The van der Waals surface area contributed by atoms with Crippen LogP contribution in [0.3, 0.4) is 0 Å². The minimum atomic E-state index is -0.285. The average Bonchev–Trinajstić information content (AvgIpc) is 2.80. The van der Waals surface area contributed by atoms with E-state index in [-0.39, 0.29) is 36.1 Å². The van der Waals surface area contributed by atoms with Gasteiger partial charge in [-0.05, 0) is 25.0 Å². The number of likely N-dealkylation sites (tertiary alicyclic amines) is 1. The fraction of sp³-hybridized carbons (Fsp3) is 0.353. The Hall–Kier alpha value is -2.43. The maximum Gasteiger partial charge on any atom is 0.246 e. The summed E-state index contributed by atoms with van der Waals surface area (Å²) in [6, 6.07) is 9.18. The average molecular weight is 298 g/mol. The number of carbonyl (C=O) groups excluding carboxylic acids is 3. The van der Waals surface area contributed by atoms with Crippen molar-refractivity contribution in [1.29, 1.82) is 0 Å². The van der Waals surface area contributed by atoms with Crippen LogP contribution in [0.1, 0.15) is 12.8 Å². The van der Waals surface area contributed by atoms with Gasteiger partial charge in [-0.1, -0.05) is 30.4 Å². The first-order valence-electron chi connectivity index (χ1n) is 7.41. The van der Waals surface area contributed by atoms with Gasteiger partial charge in [0, 0.05) is 12.7 Å². The zero-order chi connectivity index (χ0) is 15.7. The second kappa shape index (κ2) is 5.75. The Morgan fingerprint density at radius 3 is 2.18 bits per heavy atom. The number of para-hydroxylation sites is 1. The molecule has 2 unspecified atom stereocenters. The van der Waals surface area contributed by atoms with E-state index in [0.29, 0.717) is 12.8 Å². The van der Waals surface area contributed by atoms with Gasteiger partial charge in [0.1, 0.15) is 6.54 Å². The standard InChI is InChI=1S/C17H18N2O3/c1-18(12-7-3-2-4-8-12)15(20)11-19-16(21)13-9-5-6-10-14(13)17(19)22/h2-8,13-14H,9-11H2,1H3. The van der Waals surface area contributed by atoms with E-state index in [2.05, 4.69) is 0 Å². The summed E-state index contributed by atoms with van der Waals surface area (Å²) in [5.41, 5.74) is 0.741. The van der Waals surface area contributed by atoms with Gasteiger partial charge in [0.05, 0.1) is 11.8 Å².